The van der Waals surface area contributed by atoms with Crippen molar-refractivity contribution in [1.29, 1.82) is 0 Å². The van der Waals surface area contributed by atoms with Crippen LogP contribution in [0.4, 0.5) is 11.8 Å². The molecule has 194 valence electrons. The van der Waals surface area contributed by atoms with Crippen molar-refractivity contribution in [2.75, 3.05) is 56.6 Å². The Morgan fingerprint density at radius 1 is 1.03 bits per heavy atom. The highest BCUT2D eigenvalue weighted by Gasteiger charge is 2.33. The van der Waals surface area contributed by atoms with Gasteiger partial charge in [0.15, 0.2) is 0 Å². The number of aromatic nitrogens is 2. The number of amides is 1. The third-order valence-corrected chi connectivity index (χ3v) is 7.88. The van der Waals surface area contributed by atoms with Crippen molar-refractivity contribution in [3.05, 3.63) is 42.1 Å². The molecule has 0 saturated carbocycles. The number of anilines is 2. The Morgan fingerprint density at radius 2 is 1.89 bits per heavy atom. The zero-order valence-corrected chi connectivity index (χ0v) is 21.6. The first-order valence-corrected chi connectivity index (χ1v) is 13.7. The van der Waals surface area contributed by atoms with Crippen LogP contribution in [0.5, 0.6) is 5.75 Å². The number of carbonyl (C=O) groups is 1. The van der Waals surface area contributed by atoms with E-state index in [0.29, 0.717) is 18.5 Å². The second-order valence-corrected chi connectivity index (χ2v) is 10.4. The standard InChI is InChI=1S/C28H40N6O2/c1-36-25-10-6-8-22(18-25)19-27(35)34-16-7-9-24(21-34)33-17-12-23(20-33)30-28-29-13-11-26(31-28)32-14-4-2-3-5-15-32/h6,8,10-11,13,18,23-24H,2-5,7,9,12,14-17,19-21H2,1H3,(H,29,30,31). The van der Waals surface area contributed by atoms with Gasteiger partial charge in [0.2, 0.25) is 11.9 Å². The lowest BCUT2D eigenvalue weighted by Gasteiger charge is -2.37. The van der Waals surface area contributed by atoms with E-state index in [1.54, 1.807) is 7.11 Å². The first-order chi connectivity index (χ1) is 17.7. The molecule has 0 spiro atoms. The van der Waals surface area contributed by atoms with Gasteiger partial charge >= 0.3 is 0 Å². The van der Waals surface area contributed by atoms with E-state index in [4.69, 9.17) is 9.72 Å². The van der Waals surface area contributed by atoms with E-state index in [-0.39, 0.29) is 5.91 Å². The SMILES string of the molecule is COc1cccc(CC(=O)N2CCCC(N3CCC(Nc4nccc(N5CCCCCC5)n4)C3)C2)c1. The number of piperidine rings is 1. The Kier molecular flexibility index (Phi) is 8.21. The monoisotopic (exact) mass is 492 g/mol. The van der Waals surface area contributed by atoms with E-state index >= 15 is 0 Å². The van der Waals surface area contributed by atoms with Gasteiger partial charge in [-0.25, -0.2) is 4.98 Å². The van der Waals surface area contributed by atoms with Gasteiger partial charge in [0.25, 0.3) is 0 Å². The fourth-order valence-electron chi connectivity index (χ4n) is 5.86. The van der Waals surface area contributed by atoms with Crippen molar-refractivity contribution < 1.29 is 9.53 Å². The van der Waals surface area contributed by atoms with Gasteiger partial charge < -0.3 is 19.9 Å². The number of hydrogen-bond donors (Lipinski definition) is 1. The number of hydrogen-bond acceptors (Lipinski definition) is 7. The molecule has 1 amide bonds. The van der Waals surface area contributed by atoms with Crippen LogP contribution in [0.3, 0.4) is 0 Å². The van der Waals surface area contributed by atoms with Gasteiger partial charge in [0, 0.05) is 57.5 Å². The molecule has 8 nitrogen and oxygen atoms in total. The number of nitrogens with one attached hydrogen (secondary N) is 1. The third kappa shape index (κ3) is 6.27. The molecule has 2 aromatic rings. The van der Waals surface area contributed by atoms with Gasteiger partial charge in [-0.05, 0) is 55.9 Å². The van der Waals surface area contributed by atoms with Crippen molar-refractivity contribution in [2.45, 2.75) is 63.5 Å². The molecule has 8 heteroatoms. The second kappa shape index (κ2) is 11.9. The summed E-state index contributed by atoms with van der Waals surface area (Å²) in [5.41, 5.74) is 1.01. The van der Waals surface area contributed by atoms with Crippen LogP contribution in [-0.2, 0) is 11.2 Å². The molecule has 3 fully saturated rings. The van der Waals surface area contributed by atoms with Crippen LogP contribution in [0.2, 0.25) is 0 Å². The number of benzene rings is 1. The predicted molar refractivity (Wildman–Crippen MR) is 143 cm³/mol. The minimum atomic E-state index is 0.209. The largest absolute Gasteiger partial charge is 0.497 e. The van der Waals surface area contributed by atoms with Gasteiger partial charge in [-0.1, -0.05) is 25.0 Å². The van der Waals surface area contributed by atoms with Crippen molar-refractivity contribution in [2.24, 2.45) is 0 Å². The zero-order chi connectivity index (χ0) is 24.7. The summed E-state index contributed by atoms with van der Waals surface area (Å²) in [5.74, 6) is 2.79. The molecule has 4 heterocycles. The summed E-state index contributed by atoms with van der Waals surface area (Å²) in [6.07, 6.45) is 10.7. The Balaban J connectivity index is 1.13. The van der Waals surface area contributed by atoms with E-state index in [9.17, 15) is 4.79 Å². The molecule has 36 heavy (non-hydrogen) atoms. The van der Waals surface area contributed by atoms with Crippen LogP contribution in [-0.4, -0.2) is 84.1 Å². The van der Waals surface area contributed by atoms with Crippen LogP contribution >= 0.6 is 0 Å². The second-order valence-electron chi connectivity index (χ2n) is 10.4. The molecule has 3 aliphatic heterocycles. The van der Waals surface area contributed by atoms with E-state index in [1.807, 2.05) is 36.5 Å². The smallest absolute Gasteiger partial charge is 0.227 e. The maximum atomic E-state index is 13.1. The Labute approximate surface area is 215 Å². The quantitative estimate of drug-likeness (QED) is 0.633. The van der Waals surface area contributed by atoms with Gasteiger partial charge in [-0.15, -0.1) is 0 Å². The maximum Gasteiger partial charge on any atom is 0.227 e. The summed E-state index contributed by atoms with van der Waals surface area (Å²) in [6.45, 7) is 5.86. The predicted octanol–water partition coefficient (Wildman–Crippen LogP) is 3.59. The van der Waals surface area contributed by atoms with Crippen LogP contribution in [0.15, 0.2) is 36.5 Å². The van der Waals surface area contributed by atoms with Crippen LogP contribution in [0, 0.1) is 0 Å². The number of likely N-dealkylation sites (tertiary alicyclic amines) is 2. The number of ether oxygens (including phenoxy) is 1. The van der Waals surface area contributed by atoms with E-state index < -0.39 is 0 Å². The first kappa shape index (κ1) is 24.8. The summed E-state index contributed by atoms with van der Waals surface area (Å²) in [6, 6.07) is 10.6. The molecule has 1 aromatic heterocycles. The molecule has 1 aromatic carbocycles. The van der Waals surface area contributed by atoms with Crippen LogP contribution in [0.1, 0.15) is 50.5 Å². The minimum Gasteiger partial charge on any atom is -0.497 e. The first-order valence-electron chi connectivity index (χ1n) is 13.7. The summed E-state index contributed by atoms with van der Waals surface area (Å²) in [5, 5.41) is 3.60. The summed E-state index contributed by atoms with van der Waals surface area (Å²) >= 11 is 0. The lowest BCUT2D eigenvalue weighted by molar-refractivity contribution is -0.132. The molecule has 0 radical (unpaired) electrons. The average Bonchev–Trinajstić information content (AvgIpc) is 3.20. The zero-order valence-electron chi connectivity index (χ0n) is 21.6. The summed E-state index contributed by atoms with van der Waals surface area (Å²) < 4.78 is 5.31. The Bertz CT molecular complexity index is 1010. The summed E-state index contributed by atoms with van der Waals surface area (Å²) in [7, 11) is 1.66. The van der Waals surface area contributed by atoms with Crippen molar-refractivity contribution in [3.8, 4) is 5.75 Å². The molecule has 5 rings (SSSR count). The maximum absolute atomic E-state index is 13.1. The molecule has 2 unspecified atom stereocenters. The normalized spacial score (nSPS) is 23.4. The van der Waals surface area contributed by atoms with Crippen molar-refractivity contribution in [3.63, 3.8) is 0 Å². The number of rotatable bonds is 7. The number of carbonyl (C=O) groups excluding carboxylic acids is 1. The van der Waals surface area contributed by atoms with Crippen molar-refractivity contribution >= 4 is 17.7 Å². The van der Waals surface area contributed by atoms with E-state index in [0.717, 1.165) is 81.6 Å². The molecule has 2 atom stereocenters. The van der Waals surface area contributed by atoms with Gasteiger partial charge in [0.05, 0.1) is 13.5 Å². The third-order valence-electron chi connectivity index (χ3n) is 7.88. The lowest BCUT2D eigenvalue weighted by atomic mass is 10.0. The summed E-state index contributed by atoms with van der Waals surface area (Å²) in [4.78, 5) is 29.4. The number of methoxy groups -OCH3 is 1. The molecular weight excluding hydrogens is 452 g/mol. The van der Waals surface area contributed by atoms with Gasteiger partial charge in [-0.2, -0.15) is 4.98 Å². The highest BCUT2D eigenvalue weighted by atomic mass is 16.5. The van der Waals surface area contributed by atoms with Gasteiger partial charge in [0.1, 0.15) is 11.6 Å². The van der Waals surface area contributed by atoms with Gasteiger partial charge in [-0.3, -0.25) is 9.69 Å². The fraction of sp³-hybridized carbons (Fsp3) is 0.607. The molecular formula is C28H40N6O2. The molecule has 3 saturated heterocycles. The van der Waals surface area contributed by atoms with Crippen LogP contribution < -0.4 is 15.0 Å². The highest BCUT2D eigenvalue weighted by molar-refractivity contribution is 5.79. The van der Waals surface area contributed by atoms with E-state index in [1.165, 1.54) is 25.7 Å². The lowest BCUT2D eigenvalue weighted by Crippen LogP contribution is -2.49. The topological polar surface area (TPSA) is 73.8 Å². The number of nitrogens with zero attached hydrogens (tertiary/aromatic N) is 5. The molecule has 0 bridgehead atoms. The molecule has 1 N–H and O–H groups in total. The van der Waals surface area contributed by atoms with E-state index in [2.05, 4.69) is 25.0 Å². The van der Waals surface area contributed by atoms with Crippen molar-refractivity contribution in [1.82, 2.24) is 19.8 Å². The minimum absolute atomic E-state index is 0.209. The van der Waals surface area contributed by atoms with Crippen LogP contribution in [0.25, 0.3) is 0 Å². The fourth-order valence-corrected chi connectivity index (χ4v) is 5.86. The molecule has 3 aliphatic rings. The Hall–Kier alpha value is -2.87. The average molecular weight is 493 g/mol. The Morgan fingerprint density at radius 3 is 2.72 bits per heavy atom. The highest BCUT2D eigenvalue weighted by Crippen LogP contribution is 2.24. The molecule has 0 aliphatic carbocycles.